The molecular weight excluding hydrogens is 390 g/mol. The predicted octanol–water partition coefficient (Wildman–Crippen LogP) is 1.90. The van der Waals surface area contributed by atoms with Crippen molar-refractivity contribution in [3.8, 4) is 5.75 Å². The molecule has 0 atom stereocenters. The quantitative estimate of drug-likeness (QED) is 0.718. The van der Waals surface area contributed by atoms with Crippen molar-refractivity contribution < 1.29 is 17.9 Å². The van der Waals surface area contributed by atoms with Crippen molar-refractivity contribution in [2.75, 3.05) is 47.4 Å². The molecule has 0 bridgehead atoms. The SMILES string of the molecule is COc1ccc(CN2CCN(C(=O)c3cccc(S(=O)(=O)N(C)C)c3)CC2)cc1. The molecule has 0 aromatic heterocycles. The largest absolute Gasteiger partial charge is 0.497 e. The van der Waals surface area contributed by atoms with E-state index in [0.29, 0.717) is 18.7 Å². The Bertz CT molecular complexity index is 950. The van der Waals surface area contributed by atoms with Crippen LogP contribution in [0.4, 0.5) is 0 Å². The number of methoxy groups -OCH3 is 1. The van der Waals surface area contributed by atoms with Crippen LogP contribution in [-0.2, 0) is 16.6 Å². The van der Waals surface area contributed by atoms with Gasteiger partial charge in [-0.3, -0.25) is 9.69 Å². The maximum absolute atomic E-state index is 12.9. The zero-order chi connectivity index (χ0) is 21.0. The third kappa shape index (κ3) is 4.95. The highest BCUT2D eigenvalue weighted by atomic mass is 32.2. The van der Waals surface area contributed by atoms with Crippen molar-refractivity contribution in [2.24, 2.45) is 0 Å². The average Bonchev–Trinajstić information content (AvgIpc) is 2.74. The second-order valence-electron chi connectivity index (χ2n) is 7.23. The lowest BCUT2D eigenvalue weighted by molar-refractivity contribution is 0.0628. The molecule has 2 aromatic rings. The summed E-state index contributed by atoms with van der Waals surface area (Å²) in [6, 6.07) is 14.2. The van der Waals surface area contributed by atoms with Crippen molar-refractivity contribution >= 4 is 15.9 Å². The van der Waals surface area contributed by atoms with Crippen LogP contribution in [0.5, 0.6) is 5.75 Å². The first kappa shape index (κ1) is 21.3. The van der Waals surface area contributed by atoms with E-state index >= 15 is 0 Å². The molecule has 0 radical (unpaired) electrons. The molecule has 1 amide bonds. The van der Waals surface area contributed by atoms with Gasteiger partial charge < -0.3 is 9.64 Å². The molecule has 1 heterocycles. The minimum absolute atomic E-state index is 0.131. The van der Waals surface area contributed by atoms with E-state index in [0.717, 1.165) is 29.7 Å². The fourth-order valence-electron chi connectivity index (χ4n) is 3.28. The number of rotatable bonds is 6. The Morgan fingerprint density at radius 1 is 1.03 bits per heavy atom. The van der Waals surface area contributed by atoms with E-state index in [2.05, 4.69) is 4.90 Å². The number of benzene rings is 2. The number of hydrogen-bond acceptors (Lipinski definition) is 5. The van der Waals surface area contributed by atoms with Gasteiger partial charge in [0, 0.05) is 52.4 Å². The van der Waals surface area contributed by atoms with E-state index in [4.69, 9.17) is 4.74 Å². The molecule has 0 saturated carbocycles. The molecule has 7 nitrogen and oxygen atoms in total. The number of nitrogens with zero attached hydrogens (tertiary/aromatic N) is 3. The van der Waals surface area contributed by atoms with Gasteiger partial charge in [-0.05, 0) is 35.9 Å². The lowest BCUT2D eigenvalue weighted by Crippen LogP contribution is -2.48. The maximum Gasteiger partial charge on any atom is 0.253 e. The van der Waals surface area contributed by atoms with Crippen LogP contribution in [0.25, 0.3) is 0 Å². The number of sulfonamides is 1. The lowest BCUT2D eigenvalue weighted by atomic mass is 10.1. The summed E-state index contributed by atoms with van der Waals surface area (Å²) >= 11 is 0. The van der Waals surface area contributed by atoms with E-state index in [-0.39, 0.29) is 10.8 Å². The van der Waals surface area contributed by atoms with Gasteiger partial charge in [-0.25, -0.2) is 12.7 Å². The van der Waals surface area contributed by atoms with Crippen LogP contribution < -0.4 is 4.74 Å². The van der Waals surface area contributed by atoms with Gasteiger partial charge in [-0.15, -0.1) is 0 Å². The van der Waals surface area contributed by atoms with Crippen molar-refractivity contribution in [3.63, 3.8) is 0 Å². The second-order valence-corrected chi connectivity index (χ2v) is 9.38. The molecule has 3 rings (SSSR count). The van der Waals surface area contributed by atoms with Crippen LogP contribution in [0.15, 0.2) is 53.4 Å². The summed E-state index contributed by atoms with van der Waals surface area (Å²) in [5, 5.41) is 0. The first-order chi connectivity index (χ1) is 13.8. The smallest absolute Gasteiger partial charge is 0.253 e. The van der Waals surface area contributed by atoms with E-state index < -0.39 is 10.0 Å². The van der Waals surface area contributed by atoms with E-state index in [9.17, 15) is 13.2 Å². The fraction of sp³-hybridized carbons (Fsp3) is 0.381. The van der Waals surface area contributed by atoms with Crippen LogP contribution in [0.1, 0.15) is 15.9 Å². The normalized spacial score (nSPS) is 15.5. The van der Waals surface area contributed by atoms with Crippen LogP contribution in [0.3, 0.4) is 0 Å². The van der Waals surface area contributed by atoms with Crippen molar-refractivity contribution in [1.29, 1.82) is 0 Å². The Labute approximate surface area is 172 Å². The van der Waals surface area contributed by atoms with E-state index in [1.165, 1.54) is 31.8 Å². The Morgan fingerprint density at radius 2 is 1.69 bits per heavy atom. The molecule has 0 N–H and O–H groups in total. The van der Waals surface area contributed by atoms with Gasteiger partial charge in [-0.1, -0.05) is 18.2 Å². The minimum atomic E-state index is -3.57. The van der Waals surface area contributed by atoms with Gasteiger partial charge in [0.2, 0.25) is 10.0 Å². The number of piperazine rings is 1. The number of carbonyl (C=O) groups is 1. The summed E-state index contributed by atoms with van der Waals surface area (Å²) in [6.45, 7) is 3.59. The minimum Gasteiger partial charge on any atom is -0.497 e. The highest BCUT2D eigenvalue weighted by Crippen LogP contribution is 2.18. The number of hydrogen-bond donors (Lipinski definition) is 0. The van der Waals surface area contributed by atoms with Crippen LogP contribution >= 0.6 is 0 Å². The molecule has 1 saturated heterocycles. The Hall–Kier alpha value is -2.42. The first-order valence-corrected chi connectivity index (χ1v) is 10.9. The first-order valence-electron chi connectivity index (χ1n) is 9.48. The van der Waals surface area contributed by atoms with Gasteiger partial charge in [0.15, 0.2) is 0 Å². The topological polar surface area (TPSA) is 70.2 Å². The van der Waals surface area contributed by atoms with Gasteiger partial charge >= 0.3 is 0 Å². The third-order valence-corrected chi connectivity index (χ3v) is 6.90. The Balaban J connectivity index is 1.61. The zero-order valence-corrected chi connectivity index (χ0v) is 17.9. The van der Waals surface area contributed by atoms with Crippen LogP contribution in [0, 0.1) is 0 Å². The average molecular weight is 418 g/mol. The molecule has 1 fully saturated rings. The second kappa shape index (κ2) is 8.94. The standard InChI is InChI=1S/C21H27N3O4S/c1-22(2)29(26,27)20-6-4-5-18(15-20)21(25)24-13-11-23(12-14-24)16-17-7-9-19(28-3)10-8-17/h4-10,15H,11-14,16H2,1-3H3. The summed E-state index contributed by atoms with van der Waals surface area (Å²) in [6.07, 6.45) is 0. The lowest BCUT2D eigenvalue weighted by Gasteiger charge is -2.35. The number of amides is 1. The Kier molecular flexibility index (Phi) is 6.56. The molecule has 8 heteroatoms. The highest BCUT2D eigenvalue weighted by Gasteiger charge is 2.24. The zero-order valence-electron chi connectivity index (χ0n) is 17.0. The van der Waals surface area contributed by atoms with Crippen molar-refractivity contribution in [1.82, 2.24) is 14.1 Å². The third-order valence-electron chi connectivity index (χ3n) is 5.08. The molecule has 0 spiro atoms. The maximum atomic E-state index is 12.9. The molecule has 2 aromatic carbocycles. The number of ether oxygens (including phenoxy) is 1. The van der Waals surface area contributed by atoms with Crippen LogP contribution in [0.2, 0.25) is 0 Å². The molecule has 0 aliphatic carbocycles. The van der Waals surface area contributed by atoms with Crippen molar-refractivity contribution in [3.05, 3.63) is 59.7 Å². The van der Waals surface area contributed by atoms with Gasteiger partial charge in [-0.2, -0.15) is 0 Å². The fourth-order valence-corrected chi connectivity index (χ4v) is 4.23. The number of carbonyl (C=O) groups excluding carboxylic acids is 1. The summed E-state index contributed by atoms with van der Waals surface area (Å²) in [7, 11) is 1.04. The molecule has 1 aliphatic rings. The van der Waals surface area contributed by atoms with Gasteiger partial charge in [0.25, 0.3) is 5.91 Å². The van der Waals surface area contributed by atoms with E-state index in [1.807, 2.05) is 24.3 Å². The van der Waals surface area contributed by atoms with Crippen LogP contribution in [-0.4, -0.2) is 75.8 Å². The highest BCUT2D eigenvalue weighted by molar-refractivity contribution is 7.89. The summed E-state index contributed by atoms with van der Waals surface area (Å²) in [5.74, 6) is 0.701. The van der Waals surface area contributed by atoms with E-state index in [1.54, 1.807) is 24.1 Å². The molecular formula is C21H27N3O4S. The van der Waals surface area contributed by atoms with Crippen molar-refractivity contribution in [2.45, 2.75) is 11.4 Å². The summed E-state index contributed by atoms with van der Waals surface area (Å²) < 4.78 is 31.0. The Morgan fingerprint density at radius 3 is 2.28 bits per heavy atom. The van der Waals surface area contributed by atoms with Gasteiger partial charge in [0.1, 0.15) is 5.75 Å². The molecule has 156 valence electrons. The summed E-state index contributed by atoms with van der Waals surface area (Å²) in [4.78, 5) is 17.1. The molecule has 1 aliphatic heterocycles. The molecule has 0 unspecified atom stereocenters. The summed E-state index contributed by atoms with van der Waals surface area (Å²) in [5.41, 5.74) is 1.60. The van der Waals surface area contributed by atoms with Gasteiger partial charge in [0.05, 0.1) is 12.0 Å². The monoisotopic (exact) mass is 417 g/mol. The molecule has 29 heavy (non-hydrogen) atoms. The predicted molar refractivity (Wildman–Crippen MR) is 111 cm³/mol.